The van der Waals surface area contributed by atoms with E-state index < -0.39 is 20.0 Å². The van der Waals surface area contributed by atoms with Gasteiger partial charge in [-0.25, -0.2) is 4.57 Å². The number of rotatable bonds is 26. The number of hydrogen-bond acceptors (Lipinski definition) is 5. The van der Waals surface area contributed by atoms with Crippen LogP contribution in [0.1, 0.15) is 117 Å². The number of carbonyl (C=O) groups excluding carboxylic acids is 1. The number of amides is 1. The first-order valence-electron chi connectivity index (χ1n) is 15.1. The van der Waals surface area contributed by atoms with Gasteiger partial charge in [0, 0.05) is 6.42 Å². The quantitative estimate of drug-likeness (QED) is 0.0480. The molecule has 0 aromatic carbocycles. The highest BCUT2D eigenvalue weighted by Crippen LogP contribution is 2.43. The van der Waals surface area contributed by atoms with Gasteiger partial charge in [0.2, 0.25) is 5.91 Å². The van der Waals surface area contributed by atoms with Crippen LogP contribution in [0.15, 0.2) is 12.2 Å². The lowest BCUT2D eigenvalue weighted by atomic mass is 10.0. The molecule has 0 radical (unpaired) electrons. The third-order valence-corrected chi connectivity index (χ3v) is 7.46. The average Bonchev–Trinajstić information content (AvgIpc) is 2.83. The van der Waals surface area contributed by atoms with E-state index in [-0.39, 0.29) is 19.1 Å². The Labute approximate surface area is 233 Å². The van der Waals surface area contributed by atoms with Crippen molar-refractivity contribution in [1.29, 1.82) is 0 Å². The Morgan fingerprint density at radius 1 is 0.868 bits per heavy atom. The van der Waals surface area contributed by atoms with E-state index in [9.17, 15) is 19.4 Å². The Balaban J connectivity index is 4.26. The molecule has 0 saturated heterocycles. The predicted octanol–water partition coefficient (Wildman–Crippen LogP) is 6.51. The molecule has 0 spiro atoms. The largest absolute Gasteiger partial charge is 0.472 e. The average molecular weight is 564 g/mol. The first kappa shape index (κ1) is 37.2. The molecule has 0 saturated carbocycles. The number of allylic oxidation sites excluding steroid dienone is 1. The van der Waals surface area contributed by atoms with Gasteiger partial charge < -0.3 is 19.8 Å². The highest BCUT2D eigenvalue weighted by molar-refractivity contribution is 7.47. The first-order chi connectivity index (χ1) is 18.0. The van der Waals surface area contributed by atoms with Crippen molar-refractivity contribution in [3.63, 3.8) is 0 Å². The highest BCUT2D eigenvalue weighted by atomic mass is 31.2. The summed E-state index contributed by atoms with van der Waals surface area (Å²) in [6.07, 6.45) is 21.3. The number of phosphoric ester groups is 1. The van der Waals surface area contributed by atoms with Crippen molar-refractivity contribution < 1.29 is 32.9 Å². The van der Waals surface area contributed by atoms with Gasteiger partial charge >= 0.3 is 7.82 Å². The molecule has 0 bridgehead atoms. The Bertz CT molecular complexity index is 653. The molecule has 1 amide bonds. The van der Waals surface area contributed by atoms with E-state index in [0.717, 1.165) is 19.3 Å². The molecular formula is C29H60N2O6P+. The zero-order valence-corrected chi connectivity index (χ0v) is 26.1. The second kappa shape index (κ2) is 23.0. The molecule has 226 valence electrons. The van der Waals surface area contributed by atoms with Crippen LogP contribution in [-0.2, 0) is 18.4 Å². The minimum atomic E-state index is -4.29. The van der Waals surface area contributed by atoms with Gasteiger partial charge in [-0.2, -0.15) is 0 Å². The molecule has 0 rings (SSSR count). The van der Waals surface area contributed by atoms with Gasteiger partial charge in [-0.1, -0.05) is 103 Å². The fraction of sp³-hybridized carbons (Fsp3) is 0.897. The summed E-state index contributed by atoms with van der Waals surface area (Å²) in [6.45, 7) is 4.42. The van der Waals surface area contributed by atoms with E-state index >= 15 is 0 Å². The minimum absolute atomic E-state index is 0.0612. The number of quaternary nitrogens is 1. The summed E-state index contributed by atoms with van der Waals surface area (Å²) in [6, 6.07) is -0.834. The second-order valence-electron chi connectivity index (χ2n) is 11.5. The van der Waals surface area contributed by atoms with Crippen molar-refractivity contribution in [3.05, 3.63) is 12.2 Å². The Hall–Kier alpha value is -0.760. The summed E-state index contributed by atoms with van der Waals surface area (Å²) < 4.78 is 23.0. The molecule has 0 aromatic heterocycles. The zero-order valence-electron chi connectivity index (χ0n) is 25.2. The molecule has 0 aromatic rings. The van der Waals surface area contributed by atoms with Gasteiger partial charge in [0.25, 0.3) is 0 Å². The Kier molecular flexibility index (Phi) is 22.5. The van der Waals surface area contributed by atoms with Gasteiger partial charge in [0.1, 0.15) is 13.2 Å². The lowest BCUT2D eigenvalue weighted by molar-refractivity contribution is -0.870. The maximum absolute atomic E-state index is 12.2. The molecule has 3 atom stereocenters. The predicted molar refractivity (Wildman–Crippen MR) is 157 cm³/mol. The standard InChI is InChI=1S/C29H59N2O6P/c1-6-8-9-10-11-12-13-14-15-16-17-18-19-20-21-23-28(32)27(30-29(33)22-7-2)26-37-38(34,35)36-25-24-31(3,4)5/h21,23,27-28,32H,6-20,22,24-26H2,1-5H3,(H-,30,33,34,35)/p+1/b23-21+. The number of likely N-dealkylation sites (N-methyl/N-ethyl adjacent to an activating group) is 1. The topological polar surface area (TPSA) is 105 Å². The van der Waals surface area contributed by atoms with E-state index in [4.69, 9.17) is 9.05 Å². The number of aliphatic hydroxyl groups excluding tert-OH is 1. The summed E-state index contributed by atoms with van der Waals surface area (Å²) >= 11 is 0. The normalized spacial score (nSPS) is 15.4. The maximum atomic E-state index is 12.2. The molecule has 9 heteroatoms. The number of hydrogen-bond donors (Lipinski definition) is 3. The van der Waals surface area contributed by atoms with Crippen molar-refractivity contribution in [3.8, 4) is 0 Å². The maximum Gasteiger partial charge on any atom is 0.472 e. The summed E-state index contributed by atoms with van der Waals surface area (Å²) in [4.78, 5) is 22.1. The molecule has 0 aliphatic heterocycles. The van der Waals surface area contributed by atoms with E-state index in [1.54, 1.807) is 6.08 Å². The molecule has 0 aliphatic carbocycles. The van der Waals surface area contributed by atoms with Crippen LogP contribution in [0.2, 0.25) is 0 Å². The van der Waals surface area contributed by atoms with Gasteiger partial charge in [-0.15, -0.1) is 0 Å². The Morgan fingerprint density at radius 3 is 1.89 bits per heavy atom. The molecular weight excluding hydrogens is 503 g/mol. The van der Waals surface area contributed by atoms with Crippen molar-refractivity contribution >= 4 is 13.7 Å². The van der Waals surface area contributed by atoms with Crippen molar-refractivity contribution in [2.45, 2.75) is 129 Å². The SMILES string of the molecule is CCCCCCCCCCCCCCC/C=C/C(O)C(COP(=O)(O)OCC[N+](C)(C)C)NC(=O)CCC. The molecule has 3 unspecified atom stereocenters. The van der Waals surface area contributed by atoms with Gasteiger partial charge in [0.15, 0.2) is 0 Å². The van der Waals surface area contributed by atoms with Gasteiger partial charge in [-0.3, -0.25) is 13.8 Å². The molecule has 0 heterocycles. The zero-order chi connectivity index (χ0) is 28.7. The van der Waals surface area contributed by atoms with Gasteiger partial charge in [0.05, 0.1) is 39.9 Å². The number of carbonyl (C=O) groups is 1. The van der Waals surface area contributed by atoms with E-state index in [2.05, 4.69) is 12.2 Å². The van der Waals surface area contributed by atoms with Crippen molar-refractivity contribution in [2.75, 3.05) is 40.9 Å². The molecule has 8 nitrogen and oxygen atoms in total. The van der Waals surface area contributed by atoms with Crippen LogP contribution in [0.4, 0.5) is 0 Å². The molecule has 0 fully saturated rings. The highest BCUT2D eigenvalue weighted by Gasteiger charge is 2.27. The fourth-order valence-corrected chi connectivity index (χ4v) is 4.76. The van der Waals surface area contributed by atoms with Crippen LogP contribution in [0.25, 0.3) is 0 Å². The van der Waals surface area contributed by atoms with Crippen molar-refractivity contribution in [1.82, 2.24) is 5.32 Å². The van der Waals surface area contributed by atoms with Crippen LogP contribution in [0, 0.1) is 0 Å². The Morgan fingerprint density at radius 2 is 1.39 bits per heavy atom. The van der Waals surface area contributed by atoms with E-state index in [1.807, 2.05) is 34.1 Å². The second-order valence-corrected chi connectivity index (χ2v) is 12.9. The van der Waals surface area contributed by atoms with Crippen LogP contribution >= 0.6 is 7.82 Å². The van der Waals surface area contributed by atoms with Crippen LogP contribution in [0.3, 0.4) is 0 Å². The van der Waals surface area contributed by atoms with Crippen LogP contribution in [-0.4, -0.2) is 73.4 Å². The van der Waals surface area contributed by atoms with Crippen LogP contribution < -0.4 is 5.32 Å². The van der Waals surface area contributed by atoms with E-state index in [1.165, 1.54) is 70.6 Å². The minimum Gasteiger partial charge on any atom is -0.387 e. The third-order valence-electron chi connectivity index (χ3n) is 6.48. The van der Waals surface area contributed by atoms with E-state index in [0.29, 0.717) is 23.9 Å². The fourth-order valence-electron chi connectivity index (χ4n) is 4.02. The summed E-state index contributed by atoms with van der Waals surface area (Å²) in [5, 5.41) is 13.3. The molecule has 38 heavy (non-hydrogen) atoms. The number of unbranched alkanes of at least 4 members (excludes halogenated alkanes) is 13. The third kappa shape index (κ3) is 24.3. The first-order valence-corrected chi connectivity index (χ1v) is 16.6. The molecule has 3 N–H and O–H groups in total. The number of nitrogens with zero attached hydrogens (tertiary/aromatic N) is 1. The van der Waals surface area contributed by atoms with Crippen molar-refractivity contribution in [2.24, 2.45) is 0 Å². The number of aliphatic hydroxyl groups is 1. The molecule has 0 aliphatic rings. The van der Waals surface area contributed by atoms with Gasteiger partial charge in [-0.05, 0) is 19.3 Å². The monoisotopic (exact) mass is 563 g/mol. The summed E-state index contributed by atoms with van der Waals surface area (Å²) in [5.41, 5.74) is 0. The smallest absolute Gasteiger partial charge is 0.387 e. The number of nitrogens with one attached hydrogen (secondary N) is 1. The lowest BCUT2D eigenvalue weighted by Crippen LogP contribution is -2.45. The summed E-state index contributed by atoms with van der Waals surface area (Å²) in [7, 11) is 1.56. The van der Waals surface area contributed by atoms with Crippen LogP contribution in [0.5, 0.6) is 0 Å². The summed E-state index contributed by atoms with van der Waals surface area (Å²) in [5.74, 6) is -0.233. The lowest BCUT2D eigenvalue weighted by Gasteiger charge is -2.25. The number of phosphoric acid groups is 1.